The highest BCUT2D eigenvalue weighted by molar-refractivity contribution is 6.26. The summed E-state index contributed by atoms with van der Waals surface area (Å²) in [6.45, 7) is 4.00. The van der Waals surface area contributed by atoms with Crippen LogP contribution in [-0.4, -0.2) is 44.1 Å². The first-order valence-corrected chi connectivity index (χ1v) is 8.68. The first kappa shape index (κ1) is 19.5. The Morgan fingerprint density at radius 3 is 2.28 bits per heavy atom. The van der Waals surface area contributed by atoms with Crippen molar-refractivity contribution in [1.29, 1.82) is 0 Å². The van der Waals surface area contributed by atoms with E-state index in [1.54, 1.807) is 12.2 Å². The molecule has 0 saturated heterocycles. The zero-order valence-electron chi connectivity index (χ0n) is 14.8. The number of carbonyl (C=O) groups excluding carboxylic acids is 3. The third kappa shape index (κ3) is 3.32. The van der Waals surface area contributed by atoms with Crippen LogP contribution >= 0.6 is 11.6 Å². The number of ether oxygens (including phenoxy) is 3. The SMILES string of the molecule is COC(=O)C1(C(=O)OC)C=C(C(C)C)[C@H]2C=C[C@H](OC(=O)CCl)C[C@H]21. The van der Waals surface area contributed by atoms with Crippen molar-refractivity contribution in [3.05, 3.63) is 23.8 Å². The van der Waals surface area contributed by atoms with Gasteiger partial charge in [-0.1, -0.05) is 31.6 Å². The summed E-state index contributed by atoms with van der Waals surface area (Å²) in [5.41, 5.74) is -0.566. The van der Waals surface area contributed by atoms with Gasteiger partial charge in [-0.3, -0.25) is 14.4 Å². The first-order valence-electron chi connectivity index (χ1n) is 8.15. The van der Waals surface area contributed by atoms with Crippen LogP contribution in [0, 0.1) is 23.2 Å². The van der Waals surface area contributed by atoms with Crippen LogP contribution < -0.4 is 0 Å². The number of alkyl halides is 1. The molecule has 0 bridgehead atoms. The van der Waals surface area contributed by atoms with Crippen LogP contribution in [0.2, 0.25) is 0 Å². The minimum atomic E-state index is -1.54. The number of hydrogen-bond acceptors (Lipinski definition) is 6. The van der Waals surface area contributed by atoms with Crippen molar-refractivity contribution >= 4 is 29.5 Å². The van der Waals surface area contributed by atoms with Crippen LogP contribution in [0.15, 0.2) is 23.8 Å². The van der Waals surface area contributed by atoms with Crippen molar-refractivity contribution < 1.29 is 28.6 Å². The molecule has 3 atom stereocenters. The zero-order chi connectivity index (χ0) is 18.8. The minimum Gasteiger partial charge on any atom is -0.468 e. The highest BCUT2D eigenvalue weighted by Gasteiger charge is 2.60. The molecule has 0 saturated carbocycles. The monoisotopic (exact) mass is 370 g/mol. The molecule has 0 fully saturated rings. The Bertz CT molecular complexity index is 605. The van der Waals surface area contributed by atoms with Gasteiger partial charge in [0.05, 0.1) is 14.2 Å². The Morgan fingerprint density at radius 1 is 1.20 bits per heavy atom. The minimum absolute atomic E-state index is 0.121. The second kappa shape index (κ2) is 7.60. The van der Waals surface area contributed by atoms with Gasteiger partial charge in [0.25, 0.3) is 0 Å². The number of rotatable bonds is 5. The van der Waals surface area contributed by atoms with Gasteiger partial charge in [0.15, 0.2) is 5.41 Å². The molecule has 0 unspecified atom stereocenters. The molecule has 0 aliphatic heterocycles. The molecule has 6 nitrogen and oxygen atoms in total. The molecule has 2 rings (SSSR count). The summed E-state index contributed by atoms with van der Waals surface area (Å²) in [7, 11) is 2.49. The molecule has 0 aromatic rings. The number of allylic oxidation sites excluding steroid dienone is 2. The fourth-order valence-electron chi connectivity index (χ4n) is 3.81. The number of hydrogen-bond donors (Lipinski definition) is 0. The molecule has 2 aliphatic carbocycles. The second-order valence-corrected chi connectivity index (χ2v) is 6.83. The maximum absolute atomic E-state index is 12.6. The maximum atomic E-state index is 12.6. The fraction of sp³-hybridized carbons (Fsp3) is 0.611. The van der Waals surface area contributed by atoms with Gasteiger partial charge >= 0.3 is 17.9 Å². The Kier molecular flexibility index (Phi) is 5.93. The van der Waals surface area contributed by atoms with Crippen LogP contribution in [0.4, 0.5) is 0 Å². The van der Waals surface area contributed by atoms with Crippen molar-refractivity contribution in [3.63, 3.8) is 0 Å². The molecule has 0 aromatic carbocycles. The van der Waals surface area contributed by atoms with Crippen LogP contribution in [0.5, 0.6) is 0 Å². The predicted molar refractivity (Wildman–Crippen MR) is 90.7 cm³/mol. The molecule has 0 heterocycles. The van der Waals surface area contributed by atoms with E-state index >= 15 is 0 Å². The summed E-state index contributed by atoms with van der Waals surface area (Å²) in [6.07, 6.45) is 5.11. The van der Waals surface area contributed by atoms with Crippen molar-refractivity contribution in [1.82, 2.24) is 0 Å². The Balaban J connectivity index is 2.48. The number of halogens is 1. The maximum Gasteiger partial charge on any atom is 0.327 e. The number of carbonyl (C=O) groups is 3. The molecular formula is C18H23ClO6. The number of methoxy groups -OCH3 is 2. The van der Waals surface area contributed by atoms with Crippen molar-refractivity contribution in [3.8, 4) is 0 Å². The summed E-state index contributed by atoms with van der Waals surface area (Å²) in [5, 5.41) is 0. The summed E-state index contributed by atoms with van der Waals surface area (Å²) in [6, 6.07) is 0. The van der Waals surface area contributed by atoms with E-state index in [-0.39, 0.29) is 17.7 Å². The topological polar surface area (TPSA) is 78.9 Å². The molecule has 2 aliphatic rings. The van der Waals surface area contributed by atoms with Gasteiger partial charge in [0.1, 0.15) is 12.0 Å². The lowest BCUT2D eigenvalue weighted by Crippen LogP contribution is -2.47. The van der Waals surface area contributed by atoms with Crippen LogP contribution in [0.25, 0.3) is 0 Å². The van der Waals surface area contributed by atoms with Gasteiger partial charge in [-0.25, -0.2) is 0 Å². The third-order valence-electron chi connectivity index (χ3n) is 4.92. The number of fused-ring (bicyclic) bond motifs is 1. The molecule has 25 heavy (non-hydrogen) atoms. The lowest BCUT2D eigenvalue weighted by Gasteiger charge is -2.36. The van der Waals surface area contributed by atoms with Crippen molar-refractivity contribution in [2.75, 3.05) is 20.1 Å². The lowest BCUT2D eigenvalue weighted by molar-refractivity contribution is -0.170. The van der Waals surface area contributed by atoms with E-state index in [1.165, 1.54) is 14.2 Å². The van der Waals surface area contributed by atoms with Gasteiger partial charge in [-0.2, -0.15) is 0 Å². The van der Waals surface area contributed by atoms with E-state index in [0.29, 0.717) is 6.42 Å². The van der Waals surface area contributed by atoms with Crippen molar-refractivity contribution in [2.45, 2.75) is 26.4 Å². The normalized spacial score (nSPS) is 26.6. The fourth-order valence-corrected chi connectivity index (χ4v) is 3.88. The van der Waals surface area contributed by atoms with E-state index in [0.717, 1.165) is 5.57 Å². The van der Waals surface area contributed by atoms with Crippen molar-refractivity contribution in [2.24, 2.45) is 23.2 Å². The van der Waals surface area contributed by atoms with E-state index < -0.39 is 35.3 Å². The largest absolute Gasteiger partial charge is 0.468 e. The molecular weight excluding hydrogens is 348 g/mol. The van der Waals surface area contributed by atoms with E-state index in [2.05, 4.69) is 0 Å². The van der Waals surface area contributed by atoms with Gasteiger partial charge in [0, 0.05) is 11.8 Å². The summed E-state index contributed by atoms with van der Waals surface area (Å²) < 4.78 is 15.2. The summed E-state index contributed by atoms with van der Waals surface area (Å²) in [4.78, 5) is 36.7. The zero-order valence-corrected chi connectivity index (χ0v) is 15.5. The average Bonchev–Trinajstić information content (AvgIpc) is 2.96. The van der Waals surface area contributed by atoms with Gasteiger partial charge in [-0.15, -0.1) is 11.6 Å². The highest BCUT2D eigenvalue weighted by Crippen LogP contribution is 2.53. The molecule has 0 amide bonds. The third-order valence-corrected chi connectivity index (χ3v) is 5.14. The van der Waals surface area contributed by atoms with E-state index in [1.807, 2.05) is 19.9 Å². The molecule has 138 valence electrons. The first-order chi connectivity index (χ1) is 11.8. The molecule has 0 spiro atoms. The second-order valence-electron chi connectivity index (χ2n) is 6.57. The molecule has 0 radical (unpaired) electrons. The molecule has 0 N–H and O–H groups in total. The van der Waals surface area contributed by atoms with Gasteiger partial charge in [-0.05, 0) is 18.4 Å². The van der Waals surface area contributed by atoms with Crippen LogP contribution in [0.1, 0.15) is 20.3 Å². The van der Waals surface area contributed by atoms with E-state index in [4.69, 9.17) is 25.8 Å². The standard InChI is InChI=1S/C18H23ClO6/c1-10(2)13-8-18(16(21)23-3,17(22)24-4)14-7-11(5-6-12(13)14)25-15(20)9-19/h5-6,8,10-12,14H,7,9H2,1-4H3/t11-,12+,14+/m0/s1. The predicted octanol–water partition coefficient (Wildman–Crippen LogP) is 2.26. The van der Waals surface area contributed by atoms with Crippen LogP contribution in [0.3, 0.4) is 0 Å². The Labute approximate surface area is 152 Å². The average molecular weight is 371 g/mol. The van der Waals surface area contributed by atoms with Crippen LogP contribution in [-0.2, 0) is 28.6 Å². The molecule has 7 heteroatoms. The summed E-state index contributed by atoms with van der Waals surface area (Å²) >= 11 is 5.49. The Morgan fingerprint density at radius 2 is 1.80 bits per heavy atom. The quantitative estimate of drug-likeness (QED) is 0.243. The highest BCUT2D eigenvalue weighted by atomic mass is 35.5. The van der Waals surface area contributed by atoms with Gasteiger partial charge in [0.2, 0.25) is 0 Å². The van der Waals surface area contributed by atoms with Gasteiger partial charge < -0.3 is 14.2 Å². The summed E-state index contributed by atoms with van der Waals surface area (Å²) in [5.74, 6) is -2.56. The lowest BCUT2D eigenvalue weighted by atomic mass is 9.69. The smallest absolute Gasteiger partial charge is 0.327 e. The Hall–Kier alpha value is -1.82. The number of esters is 3. The molecule has 0 aromatic heterocycles. The van der Waals surface area contributed by atoms with E-state index in [9.17, 15) is 14.4 Å².